The van der Waals surface area contributed by atoms with Crippen molar-refractivity contribution in [3.63, 3.8) is 0 Å². The minimum absolute atomic E-state index is 0.117. The predicted octanol–water partition coefficient (Wildman–Crippen LogP) is 1.19. The molecular weight excluding hydrogens is 216 g/mol. The first kappa shape index (κ1) is 12.8. The summed E-state index contributed by atoms with van der Waals surface area (Å²) in [5, 5.41) is 3.16. The fraction of sp³-hybridized carbons (Fsp3) is 0.923. The maximum Gasteiger partial charge on any atom is 0.227 e. The van der Waals surface area contributed by atoms with Crippen molar-refractivity contribution in [1.82, 2.24) is 5.32 Å². The fourth-order valence-electron chi connectivity index (χ4n) is 3.06. The van der Waals surface area contributed by atoms with E-state index in [0.29, 0.717) is 12.6 Å². The Morgan fingerprint density at radius 2 is 2.12 bits per heavy atom. The fourth-order valence-corrected chi connectivity index (χ4v) is 3.06. The van der Waals surface area contributed by atoms with E-state index in [1.54, 1.807) is 0 Å². The Balaban J connectivity index is 1.96. The molecule has 0 aliphatic carbocycles. The van der Waals surface area contributed by atoms with Gasteiger partial charge < -0.3 is 15.8 Å². The van der Waals surface area contributed by atoms with E-state index in [4.69, 9.17) is 10.5 Å². The van der Waals surface area contributed by atoms with Crippen molar-refractivity contribution in [1.29, 1.82) is 0 Å². The van der Waals surface area contributed by atoms with Crippen LogP contribution < -0.4 is 11.1 Å². The second-order valence-electron chi connectivity index (χ2n) is 5.38. The summed E-state index contributed by atoms with van der Waals surface area (Å²) in [6.45, 7) is 4.49. The van der Waals surface area contributed by atoms with E-state index in [1.165, 1.54) is 0 Å². The van der Waals surface area contributed by atoms with E-state index in [1.807, 2.05) is 13.8 Å². The highest BCUT2D eigenvalue weighted by Gasteiger charge is 2.43. The summed E-state index contributed by atoms with van der Waals surface area (Å²) in [4.78, 5) is 12.3. The van der Waals surface area contributed by atoms with Crippen LogP contribution in [0, 0.1) is 5.41 Å². The summed E-state index contributed by atoms with van der Waals surface area (Å²) < 4.78 is 5.75. The van der Waals surface area contributed by atoms with Gasteiger partial charge in [-0.05, 0) is 32.1 Å². The van der Waals surface area contributed by atoms with Gasteiger partial charge in [-0.15, -0.1) is 0 Å². The molecule has 2 fully saturated rings. The number of carbonyl (C=O) groups excluding carboxylic acids is 1. The Bertz CT molecular complexity index is 281. The third kappa shape index (κ3) is 2.20. The van der Waals surface area contributed by atoms with E-state index in [0.717, 1.165) is 32.1 Å². The van der Waals surface area contributed by atoms with Gasteiger partial charge in [-0.2, -0.15) is 0 Å². The average molecular weight is 240 g/mol. The largest absolute Gasteiger partial charge is 0.373 e. The van der Waals surface area contributed by atoms with Crippen molar-refractivity contribution in [2.24, 2.45) is 11.1 Å². The molecule has 2 saturated heterocycles. The van der Waals surface area contributed by atoms with E-state index in [2.05, 4.69) is 5.32 Å². The van der Waals surface area contributed by atoms with Crippen molar-refractivity contribution in [2.75, 3.05) is 6.54 Å². The van der Waals surface area contributed by atoms with Crippen LogP contribution in [0.3, 0.4) is 0 Å². The highest BCUT2D eigenvalue weighted by molar-refractivity contribution is 5.83. The SMILES string of the molecule is CCC(CC)(CN)C(=O)NC1CC2CCC1O2. The molecule has 3 unspecified atom stereocenters. The number of amides is 1. The van der Waals surface area contributed by atoms with Gasteiger partial charge in [-0.1, -0.05) is 13.8 Å². The molecule has 0 aromatic rings. The number of carbonyl (C=O) groups is 1. The molecule has 0 aromatic heterocycles. The lowest BCUT2D eigenvalue weighted by atomic mass is 9.81. The van der Waals surface area contributed by atoms with Crippen LogP contribution in [0.15, 0.2) is 0 Å². The first-order valence-corrected chi connectivity index (χ1v) is 6.81. The van der Waals surface area contributed by atoms with Crippen molar-refractivity contribution in [3.8, 4) is 0 Å². The van der Waals surface area contributed by atoms with Crippen LogP contribution >= 0.6 is 0 Å². The number of ether oxygens (including phenoxy) is 1. The number of hydrogen-bond donors (Lipinski definition) is 2. The molecule has 2 rings (SSSR count). The standard InChI is InChI=1S/C13H24N2O2/c1-3-13(4-2,8-14)12(16)15-10-7-9-5-6-11(10)17-9/h9-11H,3-8,14H2,1-2H3,(H,15,16). The van der Waals surface area contributed by atoms with Crippen LogP contribution in [0.1, 0.15) is 46.0 Å². The van der Waals surface area contributed by atoms with E-state index in [9.17, 15) is 4.79 Å². The molecule has 3 N–H and O–H groups in total. The van der Waals surface area contributed by atoms with Crippen molar-refractivity contribution in [2.45, 2.75) is 64.2 Å². The van der Waals surface area contributed by atoms with E-state index < -0.39 is 0 Å². The molecule has 2 aliphatic heterocycles. The van der Waals surface area contributed by atoms with Gasteiger partial charge in [0, 0.05) is 6.54 Å². The summed E-state index contributed by atoms with van der Waals surface area (Å²) in [5.74, 6) is 0.117. The second kappa shape index (κ2) is 4.94. The maximum absolute atomic E-state index is 12.3. The molecule has 2 bridgehead atoms. The van der Waals surface area contributed by atoms with Crippen LogP contribution in [-0.4, -0.2) is 30.7 Å². The van der Waals surface area contributed by atoms with Gasteiger partial charge in [-0.25, -0.2) is 0 Å². The van der Waals surface area contributed by atoms with Gasteiger partial charge in [0.05, 0.1) is 23.7 Å². The van der Waals surface area contributed by atoms with Gasteiger partial charge in [-0.3, -0.25) is 4.79 Å². The normalized spacial score (nSPS) is 31.8. The molecule has 4 heteroatoms. The third-order valence-corrected chi connectivity index (χ3v) is 4.65. The highest BCUT2D eigenvalue weighted by atomic mass is 16.5. The summed E-state index contributed by atoms with van der Waals surface area (Å²) >= 11 is 0. The quantitative estimate of drug-likeness (QED) is 0.758. The molecule has 0 radical (unpaired) electrons. The molecule has 0 spiro atoms. The average Bonchev–Trinajstić information content (AvgIpc) is 2.94. The molecule has 1 amide bonds. The van der Waals surface area contributed by atoms with Crippen molar-refractivity contribution < 1.29 is 9.53 Å². The zero-order chi connectivity index (χ0) is 12.5. The monoisotopic (exact) mass is 240 g/mol. The Labute approximate surface area is 103 Å². The van der Waals surface area contributed by atoms with Crippen LogP contribution in [0.2, 0.25) is 0 Å². The Kier molecular flexibility index (Phi) is 3.73. The molecule has 0 saturated carbocycles. The van der Waals surface area contributed by atoms with Crippen molar-refractivity contribution >= 4 is 5.91 Å². The molecule has 2 heterocycles. The zero-order valence-electron chi connectivity index (χ0n) is 10.9. The molecule has 0 aromatic carbocycles. The molecule has 17 heavy (non-hydrogen) atoms. The van der Waals surface area contributed by atoms with Gasteiger partial charge >= 0.3 is 0 Å². The third-order valence-electron chi connectivity index (χ3n) is 4.65. The predicted molar refractivity (Wildman–Crippen MR) is 66.5 cm³/mol. The molecule has 4 nitrogen and oxygen atoms in total. The lowest BCUT2D eigenvalue weighted by molar-refractivity contribution is -0.132. The van der Waals surface area contributed by atoms with Gasteiger partial charge in [0.1, 0.15) is 0 Å². The van der Waals surface area contributed by atoms with E-state index in [-0.39, 0.29) is 23.5 Å². The number of hydrogen-bond acceptors (Lipinski definition) is 3. The smallest absolute Gasteiger partial charge is 0.227 e. The first-order valence-electron chi connectivity index (χ1n) is 6.81. The molecular formula is C13H24N2O2. The lowest BCUT2D eigenvalue weighted by Gasteiger charge is -2.31. The van der Waals surface area contributed by atoms with Gasteiger partial charge in [0.25, 0.3) is 0 Å². The second-order valence-corrected chi connectivity index (χ2v) is 5.38. The Hall–Kier alpha value is -0.610. The van der Waals surface area contributed by atoms with E-state index >= 15 is 0 Å². The topological polar surface area (TPSA) is 64.4 Å². The van der Waals surface area contributed by atoms with Crippen LogP contribution in [0.25, 0.3) is 0 Å². The summed E-state index contributed by atoms with van der Waals surface area (Å²) in [7, 11) is 0. The number of nitrogens with two attached hydrogens (primary N) is 1. The molecule has 3 atom stereocenters. The molecule has 98 valence electrons. The van der Waals surface area contributed by atoms with Crippen LogP contribution in [-0.2, 0) is 9.53 Å². The summed E-state index contributed by atoms with van der Waals surface area (Å²) in [5.41, 5.74) is 5.40. The number of fused-ring (bicyclic) bond motifs is 2. The number of rotatable bonds is 5. The highest BCUT2D eigenvalue weighted by Crippen LogP contribution is 2.35. The number of nitrogens with one attached hydrogen (secondary N) is 1. The van der Waals surface area contributed by atoms with Gasteiger partial charge in [0.2, 0.25) is 5.91 Å². The maximum atomic E-state index is 12.3. The first-order chi connectivity index (χ1) is 8.15. The van der Waals surface area contributed by atoms with Gasteiger partial charge in [0.15, 0.2) is 0 Å². The van der Waals surface area contributed by atoms with Crippen LogP contribution in [0.4, 0.5) is 0 Å². The van der Waals surface area contributed by atoms with Crippen molar-refractivity contribution in [3.05, 3.63) is 0 Å². The Morgan fingerprint density at radius 1 is 1.41 bits per heavy atom. The Morgan fingerprint density at radius 3 is 2.53 bits per heavy atom. The summed E-state index contributed by atoms with van der Waals surface area (Å²) in [6.07, 6.45) is 5.43. The zero-order valence-corrected chi connectivity index (χ0v) is 10.9. The summed E-state index contributed by atoms with van der Waals surface area (Å²) in [6, 6.07) is 0.213. The lowest BCUT2D eigenvalue weighted by Crippen LogP contribution is -2.51. The van der Waals surface area contributed by atoms with Crippen LogP contribution in [0.5, 0.6) is 0 Å². The minimum Gasteiger partial charge on any atom is -0.373 e. The minimum atomic E-state index is -0.387. The molecule has 2 aliphatic rings.